The Morgan fingerprint density at radius 1 is 0.654 bits per heavy atom. The fourth-order valence-electron chi connectivity index (χ4n) is 7.52. The van der Waals surface area contributed by atoms with Gasteiger partial charge < -0.3 is 33.8 Å². The number of unbranched alkanes of at least 4 members (excludes halogenated alkanes) is 22. The summed E-state index contributed by atoms with van der Waals surface area (Å²) < 4.78 is 0.678. The summed E-state index contributed by atoms with van der Waals surface area (Å²) in [4.78, 5) is 53.3. The smallest absolute Gasteiger partial charge is 0.275 e. The van der Waals surface area contributed by atoms with Crippen LogP contribution >= 0.6 is 0 Å². The zero-order valence-corrected chi connectivity index (χ0v) is 35.7. The molecule has 1 saturated heterocycles. The van der Waals surface area contributed by atoms with Gasteiger partial charge in [-0.1, -0.05) is 173 Å². The van der Waals surface area contributed by atoms with Crippen LogP contribution < -0.4 is 29.3 Å². The monoisotopic (exact) mass is 837 g/mol. The number of hydrogen-bond donors (Lipinski definition) is 1. The number of amides is 3. The molecule has 1 heterocycles. The molecule has 0 spiro atoms. The van der Waals surface area contributed by atoms with Gasteiger partial charge in [-0.25, -0.2) is 0 Å². The zero-order valence-electron chi connectivity index (χ0n) is 33.6. The van der Waals surface area contributed by atoms with Crippen molar-refractivity contribution in [3.63, 3.8) is 0 Å². The van der Waals surface area contributed by atoms with Crippen LogP contribution in [0.1, 0.15) is 191 Å². The summed E-state index contributed by atoms with van der Waals surface area (Å²) in [5, 5.41) is 2.97. The number of halogens is 1. The molecule has 1 atom stereocenters. The predicted molar refractivity (Wildman–Crippen MR) is 212 cm³/mol. The van der Waals surface area contributed by atoms with Gasteiger partial charge in [0.1, 0.15) is 6.04 Å². The maximum Gasteiger partial charge on any atom is 0.275 e. The highest BCUT2D eigenvalue weighted by molar-refractivity contribution is 6.07. The van der Waals surface area contributed by atoms with Crippen molar-refractivity contribution in [1.82, 2.24) is 10.2 Å². The second-order valence-electron chi connectivity index (χ2n) is 15.8. The molecule has 1 fully saturated rings. The molecule has 1 aliphatic heterocycles. The quantitative estimate of drug-likeness (QED) is 0.0271. The maximum absolute atomic E-state index is 13.5. The Hall–Kier alpha value is -1.81. The number of piperidine rings is 1. The number of likely N-dealkylation sites (tertiary alicyclic amines) is 1. The van der Waals surface area contributed by atoms with Gasteiger partial charge in [-0.2, -0.15) is 0 Å². The molecule has 7 nitrogen and oxygen atoms in total. The van der Waals surface area contributed by atoms with E-state index in [2.05, 4.69) is 26.2 Å². The molecule has 298 valence electrons. The van der Waals surface area contributed by atoms with Crippen molar-refractivity contribution in [1.29, 1.82) is 0 Å². The highest BCUT2D eigenvalue weighted by Crippen LogP contribution is 2.18. The first-order chi connectivity index (χ1) is 24.8. The van der Waals surface area contributed by atoms with Crippen molar-refractivity contribution < 1.29 is 47.6 Å². The van der Waals surface area contributed by atoms with Gasteiger partial charge in [0.05, 0.1) is 26.7 Å². The molecule has 1 unspecified atom stereocenters. The molecule has 3 amide bonds. The Balaban J connectivity index is 0.0000135. The first-order valence-corrected chi connectivity index (χ1v) is 21.3. The van der Waals surface area contributed by atoms with Crippen molar-refractivity contribution >= 4 is 23.5 Å². The summed E-state index contributed by atoms with van der Waals surface area (Å²) in [6.45, 7) is 6.49. The van der Waals surface area contributed by atoms with Crippen molar-refractivity contribution in [2.45, 2.75) is 187 Å². The van der Waals surface area contributed by atoms with E-state index in [0.29, 0.717) is 16.6 Å². The van der Waals surface area contributed by atoms with Gasteiger partial charge in [0, 0.05) is 12.0 Å². The number of hydrogen-bond acceptors (Lipinski definition) is 4. The fraction of sp³-hybridized carbons (Fsp3) is 0.773. The number of carbonyl (C=O) groups excluding carboxylic acids is 4. The highest BCUT2D eigenvalue weighted by atomic mass is 127. The van der Waals surface area contributed by atoms with E-state index in [9.17, 15) is 19.2 Å². The normalized spacial score (nSPS) is 14.8. The molecule has 0 radical (unpaired) electrons. The van der Waals surface area contributed by atoms with Gasteiger partial charge in [0.15, 0.2) is 12.3 Å². The summed E-state index contributed by atoms with van der Waals surface area (Å²) >= 11 is 0. The predicted octanol–water partition coefficient (Wildman–Crippen LogP) is 7.36. The van der Waals surface area contributed by atoms with Gasteiger partial charge in [0.25, 0.3) is 11.8 Å². The number of quaternary nitrogens is 1. The second-order valence-corrected chi connectivity index (χ2v) is 15.8. The summed E-state index contributed by atoms with van der Waals surface area (Å²) in [6.07, 6.45) is 31.8. The number of nitrogens with zero attached hydrogens (tertiary/aromatic N) is 2. The average molecular weight is 838 g/mol. The number of likely N-dealkylation sites (N-methyl/N-ethyl adjacent to an activating group) is 1. The van der Waals surface area contributed by atoms with E-state index in [4.69, 9.17) is 0 Å². The van der Waals surface area contributed by atoms with E-state index in [1.807, 2.05) is 6.07 Å². The Morgan fingerprint density at radius 2 is 1.06 bits per heavy atom. The molecular weight excluding hydrogens is 761 g/mol. The van der Waals surface area contributed by atoms with Crippen LogP contribution in [0.15, 0.2) is 30.3 Å². The first kappa shape index (κ1) is 48.2. The molecule has 0 aliphatic carbocycles. The Morgan fingerprint density at radius 3 is 1.48 bits per heavy atom. The standard InChI is InChI=1S/C44H75N3O4.HI/c1-4-6-8-10-12-14-16-18-20-22-24-29-35-47(3,36-30-25-23-21-19-17-15-13-11-9-7-5-2)38-42(49)45-40-33-34-43(50)46(44(40)51)37-41(48)39-31-27-26-28-32-39;/h26-28,31-32,40H,4-25,29-30,33-38H2,1-3H3;1H. The number of ketones is 1. The van der Waals surface area contributed by atoms with E-state index in [1.54, 1.807) is 24.3 Å². The molecule has 1 aromatic rings. The second kappa shape index (κ2) is 30.5. The summed E-state index contributed by atoms with van der Waals surface area (Å²) in [6, 6.07) is 7.95. The van der Waals surface area contributed by atoms with Crippen LogP contribution in [0.4, 0.5) is 0 Å². The third kappa shape index (κ3) is 21.8. The molecule has 0 saturated carbocycles. The van der Waals surface area contributed by atoms with Crippen LogP contribution in [0.3, 0.4) is 0 Å². The molecular formula is C44H76IN3O4. The minimum absolute atomic E-state index is 0. The van der Waals surface area contributed by atoms with Crippen molar-refractivity contribution in [2.75, 3.05) is 33.2 Å². The van der Waals surface area contributed by atoms with Crippen LogP contribution in [0.2, 0.25) is 0 Å². The van der Waals surface area contributed by atoms with Gasteiger partial charge in [-0.3, -0.25) is 24.1 Å². The van der Waals surface area contributed by atoms with Crippen LogP contribution in [0.25, 0.3) is 0 Å². The Labute approximate surface area is 335 Å². The lowest BCUT2D eigenvalue weighted by Gasteiger charge is -2.35. The van der Waals surface area contributed by atoms with Gasteiger partial charge in [0.2, 0.25) is 5.91 Å². The maximum atomic E-state index is 13.5. The van der Waals surface area contributed by atoms with Gasteiger partial charge in [-0.15, -0.1) is 0 Å². The molecule has 2 rings (SSSR count). The van der Waals surface area contributed by atoms with Crippen LogP contribution in [-0.2, 0) is 14.4 Å². The van der Waals surface area contributed by atoms with E-state index in [-0.39, 0.29) is 61.0 Å². The Bertz CT molecular complexity index is 1070. The lowest BCUT2D eigenvalue weighted by atomic mass is 10.0. The summed E-state index contributed by atoms with van der Waals surface area (Å²) in [5.74, 6) is -1.25. The number of imide groups is 1. The topological polar surface area (TPSA) is 83.6 Å². The van der Waals surface area contributed by atoms with E-state index in [0.717, 1.165) is 30.8 Å². The van der Waals surface area contributed by atoms with Crippen LogP contribution in [0.5, 0.6) is 0 Å². The third-order valence-corrected chi connectivity index (χ3v) is 10.9. The van der Waals surface area contributed by atoms with Crippen molar-refractivity contribution in [2.24, 2.45) is 0 Å². The highest BCUT2D eigenvalue weighted by Gasteiger charge is 2.37. The van der Waals surface area contributed by atoms with E-state index >= 15 is 0 Å². The number of rotatable bonds is 32. The van der Waals surface area contributed by atoms with Crippen LogP contribution in [-0.4, -0.2) is 72.2 Å². The molecule has 0 bridgehead atoms. The minimum atomic E-state index is -0.773. The molecule has 1 N–H and O–H groups in total. The number of nitrogens with one attached hydrogen (secondary N) is 1. The fourth-order valence-corrected chi connectivity index (χ4v) is 7.52. The summed E-state index contributed by atoms with van der Waals surface area (Å²) in [5.41, 5.74) is 0.466. The number of carbonyl (C=O) groups is 4. The molecule has 1 aromatic carbocycles. The van der Waals surface area contributed by atoms with E-state index in [1.165, 1.54) is 141 Å². The van der Waals surface area contributed by atoms with Crippen LogP contribution in [0, 0.1) is 0 Å². The molecule has 8 heteroatoms. The van der Waals surface area contributed by atoms with E-state index < -0.39 is 11.9 Å². The molecule has 52 heavy (non-hydrogen) atoms. The Kier molecular flexibility index (Phi) is 28.3. The lowest BCUT2D eigenvalue weighted by Crippen LogP contribution is -3.00. The molecule has 0 aromatic heterocycles. The van der Waals surface area contributed by atoms with Crippen molar-refractivity contribution in [3.05, 3.63) is 35.9 Å². The zero-order chi connectivity index (χ0) is 37.0. The largest absolute Gasteiger partial charge is 1.00 e. The average Bonchev–Trinajstić information content (AvgIpc) is 3.12. The first-order valence-electron chi connectivity index (χ1n) is 21.3. The van der Waals surface area contributed by atoms with Gasteiger partial charge >= 0.3 is 0 Å². The van der Waals surface area contributed by atoms with Gasteiger partial charge in [-0.05, 0) is 32.1 Å². The summed E-state index contributed by atoms with van der Waals surface area (Å²) in [7, 11) is 2.20. The number of Topliss-reactive ketones (excluding diaryl/α,β-unsaturated/α-hetero) is 1. The SMILES string of the molecule is CCCCCCCCCCCCCC[N+](C)(CCCCCCCCCCCCCC)CC(=O)NC1CCC(=O)N(CC(=O)c2ccccc2)C1=O.[I-]. The lowest BCUT2D eigenvalue weighted by molar-refractivity contribution is -0.902. The third-order valence-electron chi connectivity index (χ3n) is 10.9. The number of benzene rings is 1. The van der Waals surface area contributed by atoms with Crippen molar-refractivity contribution in [3.8, 4) is 0 Å². The molecule has 1 aliphatic rings. The minimum Gasteiger partial charge on any atom is -1.00 e.